The molecule has 2 aliphatic rings. The van der Waals surface area contributed by atoms with E-state index in [1.807, 2.05) is 39.8 Å². The zero-order chi connectivity index (χ0) is 31.6. The van der Waals surface area contributed by atoms with E-state index in [-0.39, 0.29) is 43.5 Å². The van der Waals surface area contributed by atoms with Gasteiger partial charge in [-0.05, 0) is 92.5 Å². The van der Waals surface area contributed by atoms with Gasteiger partial charge in [-0.2, -0.15) is 0 Å². The van der Waals surface area contributed by atoms with Gasteiger partial charge in [-0.15, -0.1) is 0 Å². The van der Waals surface area contributed by atoms with Crippen LogP contribution in [-0.4, -0.2) is 55.7 Å². The Morgan fingerprint density at radius 2 is 1.56 bits per heavy atom. The molecule has 4 heterocycles. The molecule has 226 valence electrons. The number of aliphatic imine (C=N–C) groups is 1. The van der Waals surface area contributed by atoms with Crippen LogP contribution in [0.3, 0.4) is 0 Å². The van der Waals surface area contributed by atoms with Crippen LogP contribution >= 0.6 is 0 Å². The molecule has 1 atom stereocenters. The Morgan fingerprint density at radius 3 is 2.14 bits per heavy atom. The third-order valence-electron chi connectivity index (χ3n) is 8.47. The van der Waals surface area contributed by atoms with Gasteiger partial charge in [-0.1, -0.05) is 19.6 Å². The molecule has 2 aliphatic heterocycles. The smallest absolute Gasteiger partial charge is 0.303 e. The highest BCUT2D eigenvalue weighted by atomic mass is 16.4. The van der Waals surface area contributed by atoms with Crippen LogP contribution in [0.15, 0.2) is 39.9 Å². The highest BCUT2D eigenvalue weighted by molar-refractivity contribution is 6.30. The molecule has 10 heteroatoms. The van der Waals surface area contributed by atoms with Crippen LogP contribution in [0, 0.1) is 13.8 Å². The zero-order valence-electron chi connectivity index (χ0n) is 25.2. The fourth-order valence-electron chi connectivity index (χ4n) is 5.91. The van der Waals surface area contributed by atoms with Crippen molar-refractivity contribution in [3.8, 4) is 0 Å². The number of carbonyl (C=O) groups is 4. The number of carbonyl (C=O) groups excluding carboxylic acids is 2. The molecule has 0 aromatic carbocycles. The van der Waals surface area contributed by atoms with Crippen molar-refractivity contribution in [2.75, 3.05) is 0 Å². The van der Waals surface area contributed by atoms with E-state index in [1.165, 1.54) is 0 Å². The standard InChI is InChI=1S/C33H38N4O6/c1-7-20-19(6)32(42)37-27(20)14-25-18(5)23(10-12-31(40)41)29(35-25)15-28-22(9-11-30(38)39)17(4)24(34-28)13-26-16(3)21(8-2)33(43)36-26/h7,13,15,27,34-35H,1,8-12,14H2,2-6H3,(H,37,42)(H,38,39)(H,40,41)/b24-13?,28-15-/t27-/m1/s1. The van der Waals surface area contributed by atoms with Crippen molar-refractivity contribution in [2.24, 2.45) is 4.99 Å². The molecule has 10 nitrogen and oxygen atoms in total. The molecule has 0 fully saturated rings. The summed E-state index contributed by atoms with van der Waals surface area (Å²) >= 11 is 0. The van der Waals surface area contributed by atoms with Gasteiger partial charge < -0.3 is 25.5 Å². The van der Waals surface area contributed by atoms with Gasteiger partial charge in [0.1, 0.15) is 0 Å². The second kappa shape index (κ2) is 12.6. The molecule has 4 rings (SSSR count). The summed E-state index contributed by atoms with van der Waals surface area (Å²) in [5.74, 6) is -2.22. The van der Waals surface area contributed by atoms with Gasteiger partial charge in [0.2, 0.25) is 5.91 Å². The van der Waals surface area contributed by atoms with Gasteiger partial charge in [0.15, 0.2) is 0 Å². The fraction of sp³-hybridized carbons (Fsp3) is 0.364. The Kier molecular flexibility index (Phi) is 9.18. The molecule has 0 aliphatic carbocycles. The molecule has 0 bridgehead atoms. The monoisotopic (exact) mass is 586 g/mol. The Labute approximate surface area is 249 Å². The van der Waals surface area contributed by atoms with E-state index < -0.39 is 11.9 Å². The SMILES string of the molecule is C=CC1=C(C)C(=O)N[C@@H]1Cc1[nH]c(/C=c2\[nH]c(=CC3=NC(=O)C(CC)=C3C)c(C)c2CCC(=O)O)c(CCC(=O)O)c1C. The third kappa shape index (κ3) is 6.38. The van der Waals surface area contributed by atoms with Crippen molar-refractivity contribution in [3.05, 3.63) is 79.3 Å². The Bertz CT molecular complexity index is 1760. The van der Waals surface area contributed by atoms with Crippen LogP contribution in [0.5, 0.6) is 0 Å². The Morgan fingerprint density at radius 1 is 0.907 bits per heavy atom. The number of aliphatic carboxylic acids is 2. The van der Waals surface area contributed by atoms with Gasteiger partial charge >= 0.3 is 11.9 Å². The first-order valence-electron chi connectivity index (χ1n) is 14.4. The summed E-state index contributed by atoms with van der Waals surface area (Å²) in [5.41, 5.74) is 8.49. The number of carboxylic acids is 2. The number of allylic oxidation sites excluding steroid dienone is 1. The van der Waals surface area contributed by atoms with Crippen molar-refractivity contribution in [2.45, 2.75) is 79.2 Å². The molecule has 43 heavy (non-hydrogen) atoms. The molecule has 0 saturated carbocycles. The van der Waals surface area contributed by atoms with Crippen LogP contribution in [0.4, 0.5) is 0 Å². The van der Waals surface area contributed by atoms with E-state index in [9.17, 15) is 29.4 Å². The molecule has 0 unspecified atom stereocenters. The molecule has 2 aromatic rings. The number of amides is 2. The summed E-state index contributed by atoms with van der Waals surface area (Å²) in [5, 5.41) is 23.3. The number of nitrogens with zero attached hydrogens (tertiary/aromatic N) is 1. The molecular formula is C33H38N4O6. The molecule has 2 aromatic heterocycles. The number of carboxylic acid groups (broad SMARTS) is 2. The van der Waals surface area contributed by atoms with E-state index in [0.717, 1.165) is 44.4 Å². The minimum Gasteiger partial charge on any atom is -0.481 e. The second-order valence-corrected chi connectivity index (χ2v) is 11.0. The lowest BCUT2D eigenvalue weighted by molar-refractivity contribution is -0.138. The summed E-state index contributed by atoms with van der Waals surface area (Å²) in [4.78, 5) is 58.8. The predicted molar refractivity (Wildman–Crippen MR) is 164 cm³/mol. The van der Waals surface area contributed by atoms with Crippen LogP contribution in [-0.2, 0) is 38.4 Å². The number of hydrogen-bond acceptors (Lipinski definition) is 4. The summed E-state index contributed by atoms with van der Waals surface area (Å²) in [6, 6.07) is -0.262. The molecule has 0 radical (unpaired) electrons. The van der Waals surface area contributed by atoms with Gasteiger partial charge in [0.25, 0.3) is 5.91 Å². The van der Waals surface area contributed by atoms with E-state index in [0.29, 0.717) is 40.7 Å². The summed E-state index contributed by atoms with van der Waals surface area (Å²) in [6.45, 7) is 13.2. The van der Waals surface area contributed by atoms with E-state index >= 15 is 0 Å². The van der Waals surface area contributed by atoms with Gasteiger partial charge in [0.05, 0.1) is 11.8 Å². The second-order valence-electron chi connectivity index (χ2n) is 11.0. The maximum Gasteiger partial charge on any atom is 0.303 e. The fourth-order valence-corrected chi connectivity index (χ4v) is 5.91. The topological polar surface area (TPSA) is 165 Å². The number of hydrogen-bond donors (Lipinski definition) is 5. The summed E-state index contributed by atoms with van der Waals surface area (Å²) < 4.78 is 0. The summed E-state index contributed by atoms with van der Waals surface area (Å²) in [6.07, 6.45) is 6.87. The van der Waals surface area contributed by atoms with Crippen molar-refractivity contribution in [1.82, 2.24) is 15.3 Å². The minimum absolute atomic E-state index is 0.0655. The molecule has 0 saturated heterocycles. The first kappa shape index (κ1) is 31.2. The number of rotatable bonds is 12. The van der Waals surface area contributed by atoms with E-state index in [2.05, 4.69) is 26.9 Å². The lowest BCUT2D eigenvalue weighted by Crippen LogP contribution is -2.30. The van der Waals surface area contributed by atoms with Gasteiger partial charge in [-0.25, -0.2) is 4.99 Å². The van der Waals surface area contributed by atoms with Crippen molar-refractivity contribution >= 4 is 41.6 Å². The van der Waals surface area contributed by atoms with E-state index in [4.69, 9.17) is 0 Å². The van der Waals surface area contributed by atoms with Crippen LogP contribution in [0.1, 0.15) is 73.7 Å². The Hall–Kier alpha value is -4.73. The number of nitrogens with one attached hydrogen (secondary N) is 3. The first-order chi connectivity index (χ1) is 20.4. The molecular weight excluding hydrogens is 548 g/mol. The first-order valence-corrected chi connectivity index (χ1v) is 14.4. The van der Waals surface area contributed by atoms with Crippen LogP contribution in [0.25, 0.3) is 12.2 Å². The number of H-pyrrole nitrogens is 2. The maximum atomic E-state index is 12.3. The average Bonchev–Trinajstić information content (AvgIpc) is 3.59. The molecule has 0 spiro atoms. The number of aromatic amines is 2. The predicted octanol–water partition coefficient (Wildman–Crippen LogP) is 2.85. The van der Waals surface area contributed by atoms with Crippen molar-refractivity contribution in [1.29, 1.82) is 0 Å². The Balaban J connectivity index is 1.86. The van der Waals surface area contributed by atoms with E-state index in [1.54, 1.807) is 13.0 Å². The molecule has 2 amide bonds. The van der Waals surface area contributed by atoms with Gasteiger partial charge in [-0.3, -0.25) is 19.2 Å². The largest absolute Gasteiger partial charge is 0.481 e. The maximum absolute atomic E-state index is 12.3. The highest BCUT2D eigenvalue weighted by Gasteiger charge is 2.29. The molecule has 5 N–H and O–H groups in total. The lowest BCUT2D eigenvalue weighted by atomic mass is 9.98. The van der Waals surface area contributed by atoms with Crippen molar-refractivity contribution < 1.29 is 29.4 Å². The van der Waals surface area contributed by atoms with Gasteiger partial charge in [0, 0.05) is 52.5 Å². The lowest BCUT2D eigenvalue weighted by Gasteiger charge is -2.13. The van der Waals surface area contributed by atoms with Crippen molar-refractivity contribution in [3.63, 3.8) is 0 Å². The van der Waals surface area contributed by atoms with Crippen LogP contribution in [0.2, 0.25) is 0 Å². The van der Waals surface area contributed by atoms with Crippen LogP contribution < -0.4 is 16.0 Å². The third-order valence-corrected chi connectivity index (χ3v) is 8.47. The number of aromatic nitrogens is 2. The quantitative estimate of drug-likeness (QED) is 0.257. The normalized spacial score (nSPS) is 17.8. The minimum atomic E-state index is -0.922. The summed E-state index contributed by atoms with van der Waals surface area (Å²) in [7, 11) is 0. The average molecular weight is 587 g/mol. The highest BCUT2D eigenvalue weighted by Crippen LogP contribution is 2.27. The zero-order valence-corrected chi connectivity index (χ0v) is 25.2.